The average Bonchev–Trinajstić information content (AvgIpc) is 2.78. The summed E-state index contributed by atoms with van der Waals surface area (Å²) < 4.78 is 5.54. The van der Waals surface area contributed by atoms with Crippen molar-refractivity contribution in [2.24, 2.45) is 5.92 Å². The smallest absolute Gasteiger partial charge is 0.253 e. The SMILES string of the molecule is COc1ccccc1N(Cc1cc2cc(C)ccc2[nH]c1=O)C(=O)C1CCCCC1. The summed E-state index contributed by atoms with van der Waals surface area (Å²) in [5.41, 5.74) is 3.04. The molecule has 5 heteroatoms. The summed E-state index contributed by atoms with van der Waals surface area (Å²) in [5, 5.41) is 0.967. The van der Waals surface area contributed by atoms with Gasteiger partial charge in [0.2, 0.25) is 5.91 Å². The van der Waals surface area contributed by atoms with Gasteiger partial charge in [-0.05, 0) is 55.5 Å². The number of aromatic amines is 1. The fourth-order valence-electron chi connectivity index (χ4n) is 4.36. The van der Waals surface area contributed by atoms with Crippen LogP contribution in [0.3, 0.4) is 0 Å². The van der Waals surface area contributed by atoms with Gasteiger partial charge < -0.3 is 14.6 Å². The Kier molecular flexibility index (Phi) is 5.88. The number of hydrogen-bond acceptors (Lipinski definition) is 3. The molecule has 1 fully saturated rings. The number of benzene rings is 2. The first kappa shape index (κ1) is 20.2. The number of anilines is 1. The van der Waals surface area contributed by atoms with Gasteiger partial charge in [-0.2, -0.15) is 0 Å². The third-order valence-electron chi connectivity index (χ3n) is 6.00. The summed E-state index contributed by atoms with van der Waals surface area (Å²) >= 11 is 0. The van der Waals surface area contributed by atoms with E-state index >= 15 is 0 Å². The van der Waals surface area contributed by atoms with E-state index in [0.717, 1.165) is 42.1 Å². The molecule has 1 heterocycles. The number of fused-ring (bicyclic) bond motifs is 1. The van der Waals surface area contributed by atoms with E-state index in [4.69, 9.17) is 4.74 Å². The second kappa shape index (κ2) is 8.74. The van der Waals surface area contributed by atoms with Crippen LogP contribution in [0.5, 0.6) is 5.75 Å². The van der Waals surface area contributed by atoms with Crippen molar-refractivity contribution in [2.75, 3.05) is 12.0 Å². The second-order valence-corrected chi connectivity index (χ2v) is 8.15. The highest BCUT2D eigenvalue weighted by Gasteiger charge is 2.29. The first-order chi connectivity index (χ1) is 14.6. The highest BCUT2D eigenvalue weighted by atomic mass is 16.5. The van der Waals surface area contributed by atoms with Crippen molar-refractivity contribution in [3.63, 3.8) is 0 Å². The van der Waals surface area contributed by atoms with Crippen LogP contribution in [0, 0.1) is 12.8 Å². The minimum absolute atomic E-state index is 0.00885. The zero-order valence-corrected chi connectivity index (χ0v) is 17.6. The quantitative estimate of drug-likeness (QED) is 0.654. The van der Waals surface area contributed by atoms with E-state index in [2.05, 4.69) is 4.98 Å². The Morgan fingerprint density at radius 3 is 2.63 bits per heavy atom. The van der Waals surface area contributed by atoms with Crippen molar-refractivity contribution in [2.45, 2.75) is 45.6 Å². The summed E-state index contributed by atoms with van der Waals surface area (Å²) in [6.45, 7) is 2.24. The van der Waals surface area contributed by atoms with Crippen LogP contribution in [0.4, 0.5) is 5.69 Å². The second-order valence-electron chi connectivity index (χ2n) is 8.15. The van der Waals surface area contributed by atoms with Gasteiger partial charge >= 0.3 is 0 Å². The van der Waals surface area contributed by atoms with Crippen molar-refractivity contribution in [1.82, 2.24) is 4.98 Å². The molecule has 1 N–H and O–H groups in total. The predicted octanol–water partition coefficient (Wildman–Crippen LogP) is 4.96. The number of nitrogens with zero attached hydrogens (tertiary/aromatic N) is 1. The van der Waals surface area contributed by atoms with E-state index in [0.29, 0.717) is 17.0 Å². The first-order valence-electron chi connectivity index (χ1n) is 10.6. The third-order valence-corrected chi connectivity index (χ3v) is 6.00. The maximum atomic E-state index is 13.6. The number of aryl methyl sites for hydroxylation is 1. The molecule has 1 aliphatic rings. The summed E-state index contributed by atoms with van der Waals surface area (Å²) in [7, 11) is 1.60. The number of carbonyl (C=O) groups is 1. The molecule has 5 nitrogen and oxygen atoms in total. The number of carbonyl (C=O) groups excluding carboxylic acids is 1. The van der Waals surface area contributed by atoms with Gasteiger partial charge in [0, 0.05) is 17.0 Å². The van der Waals surface area contributed by atoms with Crippen LogP contribution in [-0.2, 0) is 11.3 Å². The molecule has 1 saturated carbocycles. The Balaban J connectivity index is 1.76. The van der Waals surface area contributed by atoms with Gasteiger partial charge in [0.1, 0.15) is 5.75 Å². The van der Waals surface area contributed by atoms with Crippen LogP contribution >= 0.6 is 0 Å². The molecule has 4 rings (SSSR count). The molecule has 0 atom stereocenters. The molecule has 2 aromatic carbocycles. The van der Waals surface area contributed by atoms with Crippen LogP contribution in [-0.4, -0.2) is 18.0 Å². The summed E-state index contributed by atoms with van der Waals surface area (Å²) in [5.74, 6) is 0.697. The molecule has 1 aliphatic carbocycles. The number of amides is 1. The summed E-state index contributed by atoms with van der Waals surface area (Å²) in [4.78, 5) is 31.1. The van der Waals surface area contributed by atoms with Gasteiger partial charge in [-0.1, -0.05) is 43.0 Å². The van der Waals surface area contributed by atoms with Crippen molar-refractivity contribution >= 4 is 22.5 Å². The Bertz CT molecular complexity index is 1110. The Morgan fingerprint density at radius 2 is 1.87 bits per heavy atom. The number of nitrogens with one attached hydrogen (secondary N) is 1. The number of methoxy groups -OCH3 is 1. The van der Waals surface area contributed by atoms with Gasteiger partial charge in [-0.15, -0.1) is 0 Å². The van der Waals surface area contributed by atoms with E-state index in [1.165, 1.54) is 6.42 Å². The maximum absolute atomic E-state index is 13.6. The molecule has 0 bridgehead atoms. The van der Waals surface area contributed by atoms with Gasteiger partial charge in [-0.25, -0.2) is 0 Å². The molecular formula is C25H28N2O3. The molecule has 0 radical (unpaired) electrons. The molecular weight excluding hydrogens is 376 g/mol. The fourth-order valence-corrected chi connectivity index (χ4v) is 4.36. The van der Waals surface area contributed by atoms with E-state index < -0.39 is 0 Å². The summed E-state index contributed by atoms with van der Waals surface area (Å²) in [6.07, 6.45) is 5.13. The highest BCUT2D eigenvalue weighted by molar-refractivity contribution is 5.96. The Hall–Kier alpha value is -3.08. The lowest BCUT2D eigenvalue weighted by Gasteiger charge is -2.30. The summed E-state index contributed by atoms with van der Waals surface area (Å²) in [6, 6.07) is 15.4. The normalized spacial score (nSPS) is 14.6. The molecule has 156 valence electrons. The number of ether oxygens (including phenoxy) is 1. The van der Waals surface area contributed by atoms with E-state index in [1.54, 1.807) is 12.0 Å². The van der Waals surface area contributed by atoms with E-state index in [1.807, 2.05) is 55.5 Å². The number of hydrogen-bond donors (Lipinski definition) is 1. The first-order valence-corrected chi connectivity index (χ1v) is 10.6. The highest BCUT2D eigenvalue weighted by Crippen LogP contribution is 2.33. The largest absolute Gasteiger partial charge is 0.495 e. The lowest BCUT2D eigenvalue weighted by atomic mass is 9.88. The molecule has 0 unspecified atom stereocenters. The minimum Gasteiger partial charge on any atom is -0.495 e. The monoisotopic (exact) mass is 404 g/mol. The topological polar surface area (TPSA) is 62.4 Å². The van der Waals surface area contributed by atoms with E-state index in [9.17, 15) is 9.59 Å². The number of para-hydroxylation sites is 2. The van der Waals surface area contributed by atoms with Crippen molar-refractivity contribution in [3.05, 3.63) is 70.0 Å². The molecule has 0 saturated heterocycles. The van der Waals surface area contributed by atoms with Crippen molar-refractivity contribution in [3.8, 4) is 5.75 Å². The third kappa shape index (κ3) is 4.11. The molecule has 0 spiro atoms. The number of aromatic nitrogens is 1. The van der Waals surface area contributed by atoms with Gasteiger partial charge in [-0.3, -0.25) is 9.59 Å². The zero-order chi connectivity index (χ0) is 21.1. The standard InChI is InChI=1S/C25H28N2O3/c1-17-12-13-21-19(14-17)15-20(24(28)26-21)16-27(22-10-6-7-11-23(22)30-2)25(29)18-8-4-3-5-9-18/h6-7,10-15,18H,3-5,8-9,16H2,1-2H3,(H,26,28). The van der Waals surface area contributed by atoms with E-state index in [-0.39, 0.29) is 23.9 Å². The van der Waals surface area contributed by atoms with Crippen LogP contribution < -0.4 is 15.2 Å². The lowest BCUT2D eigenvalue weighted by Crippen LogP contribution is -2.38. The fraction of sp³-hybridized carbons (Fsp3) is 0.360. The number of pyridine rings is 1. The molecule has 0 aliphatic heterocycles. The van der Waals surface area contributed by atoms with Crippen LogP contribution in [0.15, 0.2) is 53.3 Å². The Labute approximate surface area is 176 Å². The number of rotatable bonds is 5. The Morgan fingerprint density at radius 1 is 1.10 bits per heavy atom. The number of H-pyrrole nitrogens is 1. The van der Waals surface area contributed by atoms with Crippen LogP contribution in [0.25, 0.3) is 10.9 Å². The minimum atomic E-state index is -0.164. The van der Waals surface area contributed by atoms with Crippen LogP contribution in [0.1, 0.15) is 43.2 Å². The van der Waals surface area contributed by atoms with Crippen LogP contribution in [0.2, 0.25) is 0 Å². The zero-order valence-electron chi connectivity index (χ0n) is 17.6. The molecule has 1 aromatic heterocycles. The lowest BCUT2D eigenvalue weighted by molar-refractivity contribution is -0.123. The molecule has 30 heavy (non-hydrogen) atoms. The average molecular weight is 405 g/mol. The van der Waals surface area contributed by atoms with Gasteiger partial charge in [0.05, 0.1) is 19.3 Å². The van der Waals surface area contributed by atoms with Gasteiger partial charge in [0.25, 0.3) is 5.56 Å². The van der Waals surface area contributed by atoms with Crippen molar-refractivity contribution < 1.29 is 9.53 Å². The van der Waals surface area contributed by atoms with Crippen molar-refractivity contribution in [1.29, 1.82) is 0 Å². The molecule has 3 aromatic rings. The van der Waals surface area contributed by atoms with Gasteiger partial charge in [0.15, 0.2) is 0 Å². The molecule has 1 amide bonds. The predicted molar refractivity (Wildman–Crippen MR) is 120 cm³/mol. The maximum Gasteiger partial charge on any atom is 0.253 e.